The van der Waals surface area contributed by atoms with Crippen LogP contribution in [-0.4, -0.2) is 50.1 Å². The smallest absolute Gasteiger partial charge is 0.334 e. The fourth-order valence-corrected chi connectivity index (χ4v) is 4.29. The van der Waals surface area contributed by atoms with Crippen LogP contribution < -0.4 is 0 Å². The number of rotatable bonds is 3. The number of hydrogen-bond donors (Lipinski definition) is 1. The second-order valence-electron chi connectivity index (χ2n) is 5.00. The van der Waals surface area contributed by atoms with E-state index < -0.39 is 22.2 Å². The van der Waals surface area contributed by atoms with E-state index in [-0.39, 0.29) is 17.9 Å². The lowest BCUT2D eigenvalue weighted by atomic mass is 9.82. The average molecular weight is 273 g/mol. The van der Waals surface area contributed by atoms with Crippen molar-refractivity contribution in [2.75, 3.05) is 6.61 Å². The van der Waals surface area contributed by atoms with Crippen molar-refractivity contribution < 1.29 is 24.2 Å². The van der Waals surface area contributed by atoms with Crippen LogP contribution in [0.3, 0.4) is 0 Å². The lowest BCUT2D eigenvalue weighted by molar-refractivity contribution is -0.176. The van der Waals surface area contributed by atoms with E-state index >= 15 is 0 Å². The topological polar surface area (TPSA) is 83.9 Å². The van der Waals surface area contributed by atoms with Crippen LogP contribution in [0.1, 0.15) is 27.2 Å². The number of hydrogen-bond acceptors (Lipinski definition) is 5. The summed E-state index contributed by atoms with van der Waals surface area (Å²) in [6.07, 6.45) is 0.350. The zero-order chi connectivity index (χ0) is 13.7. The number of aliphatic carboxylic acids is 1. The number of nitrogens with zero attached hydrogens (tertiary/aromatic N) is 1. The number of β-lactam (4-membered cyclic amide) rings is 1. The lowest BCUT2D eigenvalue weighted by Gasteiger charge is -2.45. The summed E-state index contributed by atoms with van der Waals surface area (Å²) < 4.78 is 4.20. The summed E-state index contributed by atoms with van der Waals surface area (Å²) in [6, 6.07) is 0. The van der Waals surface area contributed by atoms with E-state index in [0.717, 1.165) is 0 Å². The highest BCUT2D eigenvalue weighted by Gasteiger charge is 2.70. The number of esters is 1. The number of carbonyl (C=O) groups is 3. The first-order valence-corrected chi connectivity index (χ1v) is 6.47. The van der Waals surface area contributed by atoms with Gasteiger partial charge in [-0.25, -0.2) is 4.79 Å². The van der Waals surface area contributed by atoms with Crippen LogP contribution in [-0.2, 0) is 19.1 Å². The van der Waals surface area contributed by atoms with Crippen molar-refractivity contribution in [1.29, 1.82) is 0 Å². The number of amides is 1. The number of ether oxygens (including phenoxy) is 1. The summed E-state index contributed by atoms with van der Waals surface area (Å²) in [5.41, 5.74) is -1.47. The van der Waals surface area contributed by atoms with Crippen molar-refractivity contribution in [3.05, 3.63) is 0 Å². The summed E-state index contributed by atoms with van der Waals surface area (Å²) in [5.74, 6) is -1.88. The van der Waals surface area contributed by atoms with Crippen LogP contribution in [0.4, 0.5) is 0 Å². The number of carbonyl (C=O) groups excluding carboxylic acids is 2. The van der Waals surface area contributed by atoms with E-state index in [4.69, 9.17) is 4.74 Å². The van der Waals surface area contributed by atoms with Gasteiger partial charge in [-0.3, -0.25) is 9.59 Å². The first-order valence-electron chi connectivity index (χ1n) is 5.59. The van der Waals surface area contributed by atoms with Crippen molar-refractivity contribution in [3.63, 3.8) is 0 Å². The van der Waals surface area contributed by atoms with Crippen LogP contribution in [0.2, 0.25) is 0 Å². The molecule has 18 heavy (non-hydrogen) atoms. The van der Waals surface area contributed by atoms with Crippen LogP contribution in [0, 0.1) is 0 Å². The van der Waals surface area contributed by atoms with Gasteiger partial charge in [-0.2, -0.15) is 0 Å². The minimum atomic E-state index is -1.47. The minimum absolute atomic E-state index is 0.126. The van der Waals surface area contributed by atoms with Gasteiger partial charge in [0.25, 0.3) is 0 Å². The molecule has 2 atom stereocenters. The lowest BCUT2D eigenvalue weighted by Crippen LogP contribution is -2.69. The van der Waals surface area contributed by atoms with Crippen LogP contribution in [0.25, 0.3) is 0 Å². The third kappa shape index (κ3) is 1.53. The molecule has 1 amide bonds. The number of thioether (sulfide) groups is 1. The van der Waals surface area contributed by atoms with Gasteiger partial charge in [-0.15, -0.1) is 11.8 Å². The molecule has 0 radical (unpaired) electrons. The summed E-state index contributed by atoms with van der Waals surface area (Å²) >= 11 is 1.44. The average Bonchev–Trinajstić information content (AvgIpc) is 2.39. The zero-order valence-corrected chi connectivity index (χ0v) is 11.2. The van der Waals surface area contributed by atoms with Gasteiger partial charge in [0.05, 0.1) is 16.5 Å². The highest BCUT2D eigenvalue weighted by molar-refractivity contribution is 8.01. The molecule has 2 rings (SSSR count). The Morgan fingerprint density at radius 3 is 2.61 bits per heavy atom. The number of carboxylic acids is 1. The fourth-order valence-electron chi connectivity index (χ4n) is 2.54. The van der Waals surface area contributed by atoms with Crippen molar-refractivity contribution >= 4 is 29.6 Å². The van der Waals surface area contributed by atoms with Gasteiger partial charge >= 0.3 is 11.9 Å². The maximum atomic E-state index is 11.7. The molecule has 7 heteroatoms. The van der Waals surface area contributed by atoms with Crippen LogP contribution >= 0.6 is 11.8 Å². The Morgan fingerprint density at radius 1 is 1.56 bits per heavy atom. The Bertz CT molecular complexity index is 435. The highest BCUT2D eigenvalue weighted by Crippen LogP contribution is 2.56. The Labute approximate surface area is 109 Å². The summed E-state index contributed by atoms with van der Waals surface area (Å²) in [7, 11) is 0. The van der Waals surface area contributed by atoms with E-state index in [1.807, 2.05) is 0 Å². The first kappa shape index (κ1) is 13.2. The number of fused-ring (bicyclic) bond motifs is 1. The molecule has 0 spiro atoms. The Kier molecular flexibility index (Phi) is 2.84. The van der Waals surface area contributed by atoms with Crippen molar-refractivity contribution in [1.82, 2.24) is 4.90 Å². The Hall–Kier alpha value is -1.24. The van der Waals surface area contributed by atoms with Crippen LogP contribution in [0.5, 0.6) is 0 Å². The Balaban J connectivity index is 2.39. The van der Waals surface area contributed by atoms with Gasteiger partial charge in [0.1, 0.15) is 6.61 Å². The summed E-state index contributed by atoms with van der Waals surface area (Å²) in [4.78, 5) is 35.7. The van der Waals surface area contributed by atoms with E-state index in [1.165, 1.54) is 23.6 Å². The highest BCUT2D eigenvalue weighted by atomic mass is 32.2. The SMILES string of the molecule is CC(=O)OC[C@@]1(C(=O)O)N2C(=O)C[C@H]2SC1(C)C. The molecule has 0 saturated carbocycles. The molecule has 0 aliphatic carbocycles. The van der Waals surface area contributed by atoms with Gasteiger partial charge in [-0.05, 0) is 13.8 Å². The second-order valence-corrected chi connectivity index (χ2v) is 6.80. The molecule has 0 unspecified atom stereocenters. The second kappa shape index (κ2) is 3.88. The molecular formula is C11H15NO5S. The van der Waals surface area contributed by atoms with Crippen molar-refractivity contribution in [2.24, 2.45) is 0 Å². The molecule has 2 saturated heterocycles. The quantitative estimate of drug-likeness (QED) is 0.594. The molecule has 0 aromatic rings. The molecule has 100 valence electrons. The molecule has 1 N–H and O–H groups in total. The fraction of sp³-hybridized carbons (Fsp3) is 0.727. The van der Waals surface area contributed by atoms with E-state index in [2.05, 4.69) is 0 Å². The molecule has 2 aliphatic heterocycles. The maximum absolute atomic E-state index is 11.7. The monoisotopic (exact) mass is 273 g/mol. The molecule has 0 bridgehead atoms. The summed E-state index contributed by atoms with van der Waals surface area (Å²) in [5, 5.41) is 9.43. The van der Waals surface area contributed by atoms with Gasteiger partial charge in [0.2, 0.25) is 5.91 Å². The van der Waals surface area contributed by atoms with Gasteiger partial charge < -0.3 is 14.7 Å². The van der Waals surface area contributed by atoms with E-state index in [1.54, 1.807) is 13.8 Å². The zero-order valence-electron chi connectivity index (χ0n) is 10.4. The van der Waals surface area contributed by atoms with Gasteiger partial charge in [-0.1, -0.05) is 0 Å². The standard InChI is InChI=1S/C11H15NO5S/c1-6(13)17-5-11(9(15)16)10(2,3)18-8-4-7(14)12(8)11/h8H,4-5H2,1-3H3,(H,15,16)/t8-,11+/m1/s1. The van der Waals surface area contributed by atoms with E-state index in [9.17, 15) is 19.5 Å². The molecule has 0 aromatic carbocycles. The molecule has 0 aromatic heterocycles. The minimum Gasteiger partial charge on any atom is -0.479 e. The molecule has 6 nitrogen and oxygen atoms in total. The normalized spacial score (nSPS) is 32.7. The summed E-state index contributed by atoms with van der Waals surface area (Å²) in [6.45, 7) is 4.45. The third-order valence-electron chi connectivity index (χ3n) is 3.58. The maximum Gasteiger partial charge on any atom is 0.334 e. The third-order valence-corrected chi connectivity index (χ3v) is 5.16. The Morgan fingerprint density at radius 2 is 2.17 bits per heavy atom. The largest absolute Gasteiger partial charge is 0.479 e. The first-order chi connectivity index (χ1) is 8.22. The molecular weight excluding hydrogens is 258 g/mol. The molecule has 2 fully saturated rings. The van der Waals surface area contributed by atoms with Crippen molar-refractivity contribution in [2.45, 2.75) is 42.9 Å². The molecule has 2 aliphatic rings. The molecule has 2 heterocycles. The predicted octanol–water partition coefficient (Wildman–Crippen LogP) is 0.457. The van der Waals surface area contributed by atoms with Crippen molar-refractivity contribution in [3.8, 4) is 0 Å². The predicted molar refractivity (Wildman–Crippen MR) is 63.9 cm³/mol. The van der Waals surface area contributed by atoms with E-state index in [0.29, 0.717) is 6.42 Å². The van der Waals surface area contributed by atoms with Gasteiger partial charge in [0, 0.05) is 6.92 Å². The number of carboxylic acid groups (broad SMARTS) is 1. The van der Waals surface area contributed by atoms with Gasteiger partial charge in [0.15, 0.2) is 5.54 Å². The van der Waals surface area contributed by atoms with Crippen LogP contribution in [0.15, 0.2) is 0 Å².